The maximum Gasteiger partial charge on any atom is 0.281 e. The van der Waals surface area contributed by atoms with Crippen molar-refractivity contribution in [3.8, 4) is 0 Å². The quantitative estimate of drug-likeness (QED) is 0.453. The van der Waals surface area contributed by atoms with E-state index in [1.165, 1.54) is 6.92 Å². The maximum absolute atomic E-state index is 11.6. The van der Waals surface area contributed by atoms with E-state index >= 15 is 0 Å². The predicted molar refractivity (Wildman–Crippen MR) is 83.0 cm³/mol. The lowest BCUT2D eigenvalue weighted by Crippen LogP contribution is -2.16. The van der Waals surface area contributed by atoms with Crippen molar-refractivity contribution >= 4 is 21.5 Å². The third kappa shape index (κ3) is 4.02. The van der Waals surface area contributed by atoms with Gasteiger partial charge in [-0.05, 0) is 24.3 Å². The van der Waals surface area contributed by atoms with Crippen LogP contribution in [0.2, 0.25) is 0 Å². The molecule has 0 amide bonds. The average molecular weight is 346 g/mol. The first-order valence-electron chi connectivity index (χ1n) is 6.97. The summed E-state index contributed by atoms with van der Waals surface area (Å²) in [5, 5.41) is 20.8. The molecule has 2 unspecified atom stereocenters. The zero-order chi connectivity index (χ0) is 17.9. The van der Waals surface area contributed by atoms with E-state index < -0.39 is 36.6 Å². The number of hydrogen-bond donors (Lipinski definition) is 1. The number of nitrogens with zero attached hydrogens (tertiary/aromatic N) is 2. The molecule has 1 aromatic carbocycles. The van der Waals surface area contributed by atoms with Crippen molar-refractivity contribution in [1.29, 1.82) is 0 Å². The molecule has 0 saturated carbocycles. The van der Waals surface area contributed by atoms with E-state index in [1.54, 1.807) is 13.8 Å². The summed E-state index contributed by atoms with van der Waals surface area (Å²) in [4.78, 5) is 20.7. The standard InChI is InChI=1S/C13H18N2O7S/c1-4-8(3)10-6-9(14(16)17)7-11(15(18)19)13(10)12(5-2)23(20,21)22/h6-8,12H,4-5H2,1-3H3,(H,20,21,22). The molecular formula is C13H18N2O7S. The summed E-state index contributed by atoms with van der Waals surface area (Å²) in [6, 6.07) is 1.87. The Bertz CT molecular complexity index is 730. The van der Waals surface area contributed by atoms with Gasteiger partial charge in [0.1, 0.15) is 5.25 Å². The molecule has 0 spiro atoms. The van der Waals surface area contributed by atoms with Gasteiger partial charge in [-0.25, -0.2) is 0 Å². The number of benzene rings is 1. The van der Waals surface area contributed by atoms with E-state index in [-0.39, 0.29) is 23.5 Å². The average Bonchev–Trinajstić information content (AvgIpc) is 2.45. The highest BCUT2D eigenvalue weighted by Crippen LogP contribution is 2.41. The minimum Gasteiger partial charge on any atom is -0.285 e. The molecule has 23 heavy (non-hydrogen) atoms. The van der Waals surface area contributed by atoms with Gasteiger partial charge in [0.05, 0.1) is 21.5 Å². The molecule has 9 nitrogen and oxygen atoms in total. The van der Waals surface area contributed by atoms with Gasteiger partial charge in [0.15, 0.2) is 0 Å². The smallest absolute Gasteiger partial charge is 0.281 e. The molecule has 0 aliphatic heterocycles. The van der Waals surface area contributed by atoms with Crippen LogP contribution in [-0.2, 0) is 10.1 Å². The van der Waals surface area contributed by atoms with Gasteiger partial charge in [-0.2, -0.15) is 8.42 Å². The number of nitro benzene ring substituents is 2. The second-order valence-corrected chi connectivity index (χ2v) is 6.80. The lowest BCUT2D eigenvalue weighted by molar-refractivity contribution is -0.394. The molecule has 0 bridgehead atoms. The fourth-order valence-corrected chi connectivity index (χ4v) is 3.42. The first-order valence-corrected chi connectivity index (χ1v) is 8.47. The fraction of sp³-hybridized carbons (Fsp3) is 0.538. The van der Waals surface area contributed by atoms with Gasteiger partial charge in [-0.15, -0.1) is 0 Å². The Balaban J connectivity index is 3.89. The molecule has 1 N–H and O–H groups in total. The minimum atomic E-state index is -4.60. The van der Waals surface area contributed by atoms with Gasteiger partial charge in [0, 0.05) is 6.07 Å². The van der Waals surface area contributed by atoms with Crippen LogP contribution in [0.3, 0.4) is 0 Å². The molecule has 0 aliphatic carbocycles. The van der Waals surface area contributed by atoms with Crippen LogP contribution in [0.1, 0.15) is 55.9 Å². The molecule has 0 heterocycles. The van der Waals surface area contributed by atoms with Crippen LogP contribution in [0.5, 0.6) is 0 Å². The van der Waals surface area contributed by atoms with Gasteiger partial charge in [-0.3, -0.25) is 24.8 Å². The van der Waals surface area contributed by atoms with E-state index in [1.807, 2.05) is 0 Å². The van der Waals surface area contributed by atoms with E-state index in [0.717, 1.165) is 12.1 Å². The van der Waals surface area contributed by atoms with Crippen molar-refractivity contribution in [2.45, 2.75) is 44.8 Å². The third-order valence-electron chi connectivity index (χ3n) is 3.78. The van der Waals surface area contributed by atoms with Crippen LogP contribution in [-0.4, -0.2) is 22.8 Å². The zero-order valence-corrected chi connectivity index (χ0v) is 13.7. The summed E-state index contributed by atoms with van der Waals surface area (Å²) in [6.45, 7) is 4.92. The number of hydrogen-bond acceptors (Lipinski definition) is 6. The van der Waals surface area contributed by atoms with Crippen molar-refractivity contribution < 1.29 is 22.8 Å². The highest BCUT2D eigenvalue weighted by atomic mass is 32.2. The molecule has 1 rings (SSSR count). The van der Waals surface area contributed by atoms with E-state index in [9.17, 15) is 33.2 Å². The summed E-state index contributed by atoms with van der Waals surface area (Å²) in [6.07, 6.45) is 0.397. The summed E-state index contributed by atoms with van der Waals surface area (Å²) < 4.78 is 32.6. The Morgan fingerprint density at radius 1 is 1.13 bits per heavy atom. The normalized spacial score (nSPS) is 14.3. The Labute approximate surface area is 133 Å². The zero-order valence-electron chi connectivity index (χ0n) is 12.9. The molecule has 0 aliphatic rings. The van der Waals surface area contributed by atoms with Crippen LogP contribution >= 0.6 is 0 Å². The predicted octanol–water partition coefficient (Wildman–Crippen LogP) is 3.36. The lowest BCUT2D eigenvalue weighted by Gasteiger charge is -2.20. The second-order valence-electron chi connectivity index (χ2n) is 5.20. The summed E-state index contributed by atoms with van der Waals surface area (Å²) >= 11 is 0. The number of non-ortho nitro benzene ring substituents is 1. The van der Waals surface area contributed by atoms with Crippen molar-refractivity contribution in [3.63, 3.8) is 0 Å². The topological polar surface area (TPSA) is 141 Å². The summed E-state index contributed by atoms with van der Waals surface area (Å²) in [5.74, 6) is -0.348. The van der Waals surface area contributed by atoms with Crippen molar-refractivity contribution in [2.75, 3.05) is 0 Å². The maximum atomic E-state index is 11.6. The van der Waals surface area contributed by atoms with Gasteiger partial charge < -0.3 is 0 Å². The summed E-state index contributed by atoms with van der Waals surface area (Å²) in [5.41, 5.74) is -1.14. The monoisotopic (exact) mass is 346 g/mol. The minimum absolute atomic E-state index is 0.0963. The van der Waals surface area contributed by atoms with Crippen LogP contribution in [0.25, 0.3) is 0 Å². The molecule has 0 radical (unpaired) electrons. The van der Waals surface area contributed by atoms with E-state index in [4.69, 9.17) is 0 Å². The molecule has 128 valence electrons. The first kappa shape index (κ1) is 19.0. The van der Waals surface area contributed by atoms with Gasteiger partial charge in [-0.1, -0.05) is 20.8 Å². The number of rotatable bonds is 7. The second kappa shape index (κ2) is 7.01. The van der Waals surface area contributed by atoms with Crippen LogP contribution in [0.15, 0.2) is 12.1 Å². The van der Waals surface area contributed by atoms with Crippen LogP contribution < -0.4 is 0 Å². The van der Waals surface area contributed by atoms with Crippen molar-refractivity contribution in [2.24, 2.45) is 0 Å². The molecule has 0 fully saturated rings. The molecular weight excluding hydrogens is 328 g/mol. The van der Waals surface area contributed by atoms with Crippen LogP contribution in [0.4, 0.5) is 11.4 Å². The molecule has 0 saturated heterocycles. The van der Waals surface area contributed by atoms with Crippen LogP contribution in [0, 0.1) is 20.2 Å². The Kier molecular flexibility index (Phi) is 5.78. The molecule has 1 aromatic rings. The van der Waals surface area contributed by atoms with E-state index in [0.29, 0.717) is 6.42 Å². The molecule has 10 heteroatoms. The Morgan fingerprint density at radius 2 is 1.70 bits per heavy atom. The third-order valence-corrected chi connectivity index (χ3v) is 5.07. The first-order chi connectivity index (χ1) is 10.5. The fourth-order valence-electron chi connectivity index (χ4n) is 2.44. The van der Waals surface area contributed by atoms with Gasteiger partial charge in [0.2, 0.25) is 0 Å². The summed E-state index contributed by atoms with van der Waals surface area (Å²) in [7, 11) is -4.60. The Hall–Kier alpha value is -2.07. The highest BCUT2D eigenvalue weighted by Gasteiger charge is 2.36. The Morgan fingerprint density at radius 3 is 2.04 bits per heavy atom. The number of nitro groups is 2. The van der Waals surface area contributed by atoms with E-state index in [2.05, 4.69) is 0 Å². The van der Waals surface area contributed by atoms with Crippen molar-refractivity contribution in [3.05, 3.63) is 43.5 Å². The molecule has 0 aromatic heterocycles. The molecule has 2 atom stereocenters. The van der Waals surface area contributed by atoms with Crippen molar-refractivity contribution in [1.82, 2.24) is 0 Å². The SMILES string of the molecule is CCC(C)c1cc([N+](=O)[O-])cc([N+](=O)[O-])c1C(CC)S(=O)(=O)O. The lowest BCUT2D eigenvalue weighted by atomic mass is 9.89. The largest absolute Gasteiger partial charge is 0.285 e. The van der Waals surface area contributed by atoms with Gasteiger partial charge in [0.25, 0.3) is 21.5 Å². The van der Waals surface area contributed by atoms with Gasteiger partial charge >= 0.3 is 0 Å². The highest BCUT2D eigenvalue weighted by molar-refractivity contribution is 7.86.